The molecule has 0 aromatic carbocycles. The normalized spacial score (nSPS) is 25.4. The van der Waals surface area contributed by atoms with Crippen LogP contribution < -0.4 is 0 Å². The van der Waals surface area contributed by atoms with Crippen LogP contribution in [0.5, 0.6) is 0 Å². The van der Waals surface area contributed by atoms with E-state index in [1.54, 1.807) is 6.08 Å². The second-order valence-electron chi connectivity index (χ2n) is 2.81. The molecule has 1 rings (SSSR count). The summed E-state index contributed by atoms with van der Waals surface area (Å²) in [6.07, 6.45) is 3.25. The highest BCUT2D eigenvalue weighted by molar-refractivity contribution is 14.1. The molecule has 0 saturated carbocycles. The number of carbonyl (C=O) groups excluding carboxylic acids is 1. The molecule has 1 heterocycles. The van der Waals surface area contributed by atoms with Gasteiger partial charge in [0.05, 0.1) is 0 Å². The van der Waals surface area contributed by atoms with Gasteiger partial charge in [-0.3, -0.25) is 4.79 Å². The summed E-state index contributed by atoms with van der Waals surface area (Å²) >= 11 is 2.26. The van der Waals surface area contributed by atoms with Crippen LogP contribution in [0.4, 0.5) is 0 Å². The molecule has 0 aromatic rings. The van der Waals surface area contributed by atoms with Crippen molar-refractivity contribution in [1.82, 2.24) is 3.11 Å². The van der Waals surface area contributed by atoms with E-state index < -0.39 is 0 Å². The molecule has 1 aliphatic rings. The molecule has 0 bridgehead atoms. The fourth-order valence-corrected chi connectivity index (χ4v) is 2.04. The molecule has 1 fully saturated rings. The zero-order valence-electron chi connectivity index (χ0n) is 6.42. The highest BCUT2D eigenvalue weighted by Gasteiger charge is 2.25. The Morgan fingerprint density at radius 3 is 3.00 bits per heavy atom. The van der Waals surface area contributed by atoms with Crippen LogP contribution in [-0.4, -0.2) is 22.0 Å². The van der Waals surface area contributed by atoms with Gasteiger partial charge in [0.25, 0.3) is 0 Å². The van der Waals surface area contributed by atoms with Gasteiger partial charge in [0.2, 0.25) is 0 Å². The van der Waals surface area contributed by atoms with Gasteiger partial charge in [-0.2, -0.15) is 0 Å². The fourth-order valence-electron chi connectivity index (χ4n) is 1.29. The number of ketones is 1. The Morgan fingerprint density at radius 1 is 1.82 bits per heavy atom. The van der Waals surface area contributed by atoms with Gasteiger partial charge in [0, 0.05) is 48.3 Å². The predicted octanol–water partition coefficient (Wildman–Crippen LogP) is 1.80. The fraction of sp³-hybridized carbons (Fsp3) is 0.625. The Kier molecular flexibility index (Phi) is 3.51. The van der Waals surface area contributed by atoms with E-state index in [0.717, 1.165) is 19.5 Å². The van der Waals surface area contributed by atoms with Gasteiger partial charge in [-0.25, -0.2) is 3.11 Å². The minimum Gasteiger partial charge on any atom is -0.299 e. The molecule has 2 nitrogen and oxygen atoms in total. The summed E-state index contributed by atoms with van der Waals surface area (Å²) in [4.78, 5) is 11.3. The molecule has 1 saturated heterocycles. The topological polar surface area (TPSA) is 20.3 Å². The first-order chi connectivity index (χ1) is 5.24. The van der Waals surface area contributed by atoms with E-state index in [2.05, 4.69) is 32.6 Å². The van der Waals surface area contributed by atoms with E-state index in [0.29, 0.717) is 12.2 Å². The van der Waals surface area contributed by atoms with Crippen molar-refractivity contribution >= 4 is 28.6 Å². The second-order valence-corrected chi connectivity index (χ2v) is 4.18. The lowest BCUT2D eigenvalue weighted by molar-refractivity contribution is -0.121. The molecule has 0 aromatic heterocycles. The molecule has 1 unspecified atom stereocenters. The molecule has 1 aliphatic heterocycles. The molecule has 1 atom stereocenters. The second kappa shape index (κ2) is 4.21. The first-order valence-electron chi connectivity index (χ1n) is 3.78. The Bertz CT molecular complexity index is 169. The quantitative estimate of drug-likeness (QED) is 0.440. The molecule has 62 valence electrons. The number of carbonyl (C=O) groups is 1. The van der Waals surface area contributed by atoms with E-state index in [9.17, 15) is 4.79 Å². The van der Waals surface area contributed by atoms with Gasteiger partial charge in [0.1, 0.15) is 5.78 Å². The van der Waals surface area contributed by atoms with Crippen molar-refractivity contribution in [3.05, 3.63) is 12.7 Å². The third-order valence-electron chi connectivity index (χ3n) is 1.94. The van der Waals surface area contributed by atoms with Crippen molar-refractivity contribution in [2.24, 2.45) is 5.92 Å². The van der Waals surface area contributed by atoms with Gasteiger partial charge in [-0.1, -0.05) is 6.08 Å². The maximum atomic E-state index is 11.3. The summed E-state index contributed by atoms with van der Waals surface area (Å²) in [5, 5.41) is 0. The van der Waals surface area contributed by atoms with E-state index >= 15 is 0 Å². The standard InChI is InChI=1S/C8H12INO/c1-2-3-8(11)7-4-5-10(9)6-7/h2,7H,1,3-6H2. The largest absolute Gasteiger partial charge is 0.299 e. The molecular weight excluding hydrogens is 253 g/mol. The van der Waals surface area contributed by atoms with Crippen molar-refractivity contribution in [3.8, 4) is 0 Å². The van der Waals surface area contributed by atoms with Crippen LogP contribution in [0.2, 0.25) is 0 Å². The highest BCUT2D eigenvalue weighted by Crippen LogP contribution is 2.21. The summed E-state index contributed by atoms with van der Waals surface area (Å²) in [6.45, 7) is 5.53. The Labute approximate surface area is 81.1 Å². The van der Waals surface area contributed by atoms with Crippen LogP contribution in [0.25, 0.3) is 0 Å². The average Bonchev–Trinajstić information content (AvgIpc) is 2.36. The molecule has 0 radical (unpaired) electrons. The van der Waals surface area contributed by atoms with E-state index in [1.807, 2.05) is 0 Å². The van der Waals surface area contributed by atoms with Crippen LogP contribution in [0.15, 0.2) is 12.7 Å². The van der Waals surface area contributed by atoms with Crippen molar-refractivity contribution < 1.29 is 4.79 Å². The lowest BCUT2D eigenvalue weighted by Gasteiger charge is -2.05. The van der Waals surface area contributed by atoms with Gasteiger partial charge < -0.3 is 0 Å². The number of hydrogen-bond donors (Lipinski definition) is 0. The maximum Gasteiger partial charge on any atom is 0.141 e. The Morgan fingerprint density at radius 2 is 2.55 bits per heavy atom. The highest BCUT2D eigenvalue weighted by atomic mass is 127. The number of halogens is 1. The number of hydrogen-bond acceptors (Lipinski definition) is 2. The van der Waals surface area contributed by atoms with Gasteiger partial charge in [-0.15, -0.1) is 6.58 Å². The van der Waals surface area contributed by atoms with E-state index in [-0.39, 0.29) is 5.92 Å². The SMILES string of the molecule is C=CCC(=O)C1CCN(I)C1. The van der Waals surface area contributed by atoms with Crippen molar-refractivity contribution in [2.75, 3.05) is 13.1 Å². The average molecular weight is 265 g/mol. The first-order valence-corrected chi connectivity index (χ1v) is 4.75. The first kappa shape index (κ1) is 9.19. The minimum atomic E-state index is 0.268. The Balaban J connectivity index is 2.36. The van der Waals surface area contributed by atoms with Crippen LogP contribution in [-0.2, 0) is 4.79 Å². The van der Waals surface area contributed by atoms with Gasteiger partial charge >= 0.3 is 0 Å². The van der Waals surface area contributed by atoms with Crippen molar-refractivity contribution in [3.63, 3.8) is 0 Å². The third-order valence-corrected chi connectivity index (χ3v) is 2.82. The van der Waals surface area contributed by atoms with E-state index in [4.69, 9.17) is 0 Å². The number of rotatable bonds is 3. The molecule has 3 heteroatoms. The molecule has 0 aliphatic carbocycles. The monoisotopic (exact) mass is 265 g/mol. The summed E-state index contributed by atoms with van der Waals surface area (Å²) in [6, 6.07) is 0. The number of nitrogens with zero attached hydrogens (tertiary/aromatic N) is 1. The van der Waals surface area contributed by atoms with Crippen LogP contribution in [0.1, 0.15) is 12.8 Å². The predicted molar refractivity (Wildman–Crippen MR) is 53.5 cm³/mol. The molecular formula is C8H12INO. The lowest BCUT2D eigenvalue weighted by Crippen LogP contribution is -2.15. The van der Waals surface area contributed by atoms with Crippen molar-refractivity contribution in [1.29, 1.82) is 0 Å². The Hall–Kier alpha value is 0.1000. The summed E-state index contributed by atoms with van der Waals surface area (Å²) in [5.74, 6) is 0.615. The zero-order valence-corrected chi connectivity index (χ0v) is 8.58. The minimum absolute atomic E-state index is 0.268. The summed E-state index contributed by atoms with van der Waals surface area (Å²) in [7, 11) is 0. The summed E-state index contributed by atoms with van der Waals surface area (Å²) in [5.41, 5.74) is 0. The molecule has 0 amide bonds. The molecule has 0 N–H and O–H groups in total. The van der Waals surface area contributed by atoms with Crippen LogP contribution in [0, 0.1) is 5.92 Å². The number of Topliss-reactive ketones (excluding diaryl/α,β-unsaturated/α-hetero) is 1. The van der Waals surface area contributed by atoms with Gasteiger partial charge in [0.15, 0.2) is 0 Å². The van der Waals surface area contributed by atoms with Gasteiger partial charge in [-0.05, 0) is 6.42 Å². The van der Waals surface area contributed by atoms with Crippen molar-refractivity contribution in [2.45, 2.75) is 12.8 Å². The van der Waals surface area contributed by atoms with Crippen LogP contribution >= 0.6 is 22.9 Å². The lowest BCUT2D eigenvalue weighted by atomic mass is 10.0. The number of allylic oxidation sites excluding steroid dienone is 1. The smallest absolute Gasteiger partial charge is 0.141 e. The molecule has 0 spiro atoms. The summed E-state index contributed by atoms with van der Waals surface area (Å²) < 4.78 is 2.17. The van der Waals surface area contributed by atoms with E-state index in [1.165, 1.54) is 0 Å². The molecule has 11 heavy (non-hydrogen) atoms. The maximum absolute atomic E-state index is 11.3. The zero-order chi connectivity index (χ0) is 8.27. The third kappa shape index (κ3) is 2.56. The van der Waals surface area contributed by atoms with Crippen LogP contribution in [0.3, 0.4) is 0 Å².